The molecule has 59 heavy (non-hydrogen) atoms. The summed E-state index contributed by atoms with van der Waals surface area (Å²) < 4.78 is 36.7. The fourth-order valence-electron chi connectivity index (χ4n) is 9.12. The monoisotopic (exact) mass is 830 g/mol. The number of rotatable bonds is 18. The van der Waals surface area contributed by atoms with Crippen LogP contribution in [0.2, 0.25) is 0 Å². The van der Waals surface area contributed by atoms with E-state index < -0.39 is 17.9 Å². The maximum absolute atomic E-state index is 12.2. The molecule has 0 unspecified atom stereocenters. The second kappa shape index (κ2) is 23.1. The van der Waals surface area contributed by atoms with E-state index in [0.29, 0.717) is 28.6 Å². The third-order valence-electron chi connectivity index (χ3n) is 12.4. The molecule has 0 aliphatic heterocycles. The number of carbonyl (C=O) groups is 6. The molecule has 6 aliphatic rings. The van der Waals surface area contributed by atoms with Crippen LogP contribution in [0, 0.1) is 23.7 Å². The first-order valence-corrected chi connectivity index (χ1v) is 21.5. The van der Waals surface area contributed by atoms with Crippen molar-refractivity contribution in [2.24, 2.45) is 23.7 Å². The molecule has 0 atom stereocenters. The molecule has 332 valence electrons. The van der Waals surface area contributed by atoms with E-state index in [1.807, 2.05) is 13.8 Å². The van der Waals surface area contributed by atoms with Gasteiger partial charge in [-0.05, 0) is 148 Å². The van der Waals surface area contributed by atoms with Gasteiger partial charge >= 0.3 is 35.8 Å². The van der Waals surface area contributed by atoms with E-state index >= 15 is 0 Å². The van der Waals surface area contributed by atoms with Crippen LogP contribution in [0.3, 0.4) is 0 Å². The number of esters is 6. The van der Waals surface area contributed by atoms with Gasteiger partial charge in [-0.3, -0.25) is 9.59 Å². The van der Waals surface area contributed by atoms with Gasteiger partial charge in [0.15, 0.2) is 0 Å². The van der Waals surface area contributed by atoms with Gasteiger partial charge in [-0.2, -0.15) is 0 Å². The maximum atomic E-state index is 12.2. The summed E-state index contributed by atoms with van der Waals surface area (Å²) in [6.07, 6.45) is 15.4. The quantitative estimate of drug-likeness (QED) is 0.0565. The summed E-state index contributed by atoms with van der Waals surface area (Å²) >= 11 is 0. The highest BCUT2D eigenvalue weighted by molar-refractivity contribution is 5.88. The predicted octanol–water partition coefficient (Wildman–Crippen LogP) is 8.01. The summed E-state index contributed by atoms with van der Waals surface area (Å²) in [5, 5.41) is 0. The Kier molecular flexibility index (Phi) is 19.3. The lowest BCUT2D eigenvalue weighted by molar-refractivity contribution is -0.206. The summed E-state index contributed by atoms with van der Waals surface area (Å²) in [5.41, 5.74) is 0.125. The van der Waals surface area contributed by atoms with Crippen molar-refractivity contribution in [1.29, 1.82) is 0 Å². The Bertz CT molecular complexity index is 1490. The van der Waals surface area contributed by atoms with Crippen LogP contribution in [-0.2, 0) is 61.9 Å². The van der Waals surface area contributed by atoms with Crippen molar-refractivity contribution in [1.82, 2.24) is 0 Å². The van der Waals surface area contributed by atoms with Gasteiger partial charge in [0.05, 0.1) is 19.4 Å². The van der Waals surface area contributed by atoms with Crippen LogP contribution >= 0.6 is 0 Å². The zero-order chi connectivity index (χ0) is 43.8. The lowest BCUT2D eigenvalue weighted by Gasteiger charge is -2.59. The van der Waals surface area contributed by atoms with E-state index in [1.54, 1.807) is 20.8 Å². The van der Waals surface area contributed by atoms with Gasteiger partial charge in [-0.1, -0.05) is 26.7 Å². The molecule has 4 bridgehead atoms. The van der Waals surface area contributed by atoms with E-state index in [4.69, 9.17) is 33.2 Å². The topological polar surface area (TPSA) is 167 Å². The largest absolute Gasteiger partial charge is 0.462 e. The Hall–Kier alpha value is -4.00. The van der Waals surface area contributed by atoms with Crippen molar-refractivity contribution < 1.29 is 61.9 Å². The zero-order valence-corrected chi connectivity index (χ0v) is 36.6. The van der Waals surface area contributed by atoms with Crippen LogP contribution < -0.4 is 0 Å². The molecule has 0 saturated heterocycles. The van der Waals surface area contributed by atoms with Crippen LogP contribution in [0.25, 0.3) is 0 Å². The highest BCUT2D eigenvalue weighted by Gasteiger charge is 2.57. The molecular formula is C46H70O13. The Morgan fingerprint density at radius 1 is 0.542 bits per heavy atom. The van der Waals surface area contributed by atoms with Gasteiger partial charge in [-0.25, -0.2) is 19.2 Å². The van der Waals surface area contributed by atoms with Crippen molar-refractivity contribution in [3.8, 4) is 0 Å². The summed E-state index contributed by atoms with van der Waals surface area (Å²) in [6, 6.07) is 0. The fraction of sp³-hybridized carbons (Fsp3) is 0.739. The van der Waals surface area contributed by atoms with Gasteiger partial charge in [0.2, 0.25) is 0 Å². The van der Waals surface area contributed by atoms with Crippen LogP contribution in [0.4, 0.5) is 0 Å². The summed E-state index contributed by atoms with van der Waals surface area (Å²) in [6.45, 7) is 21.6. The number of ether oxygens (including phenoxy) is 7. The van der Waals surface area contributed by atoms with Crippen molar-refractivity contribution >= 4 is 35.8 Å². The van der Waals surface area contributed by atoms with Gasteiger partial charge in [0, 0.05) is 16.7 Å². The standard InChI is InChI=1S/C19H28O5.C14H22O4.C13H20O4/c1-12(2)18(21)23-5-4-22-11-17(20)24-19(3)15-7-13-6-14(9-15)10-16(19)8-13;1-4-14(8-5-6-9-14)18-12(15)7-10-17-13(16)11(2)3;1-10(2)12(15)16-9-6-11(14)17-13(3)7-4-5-8-13/h13-16H,1,4-11H2,2-3H3;2,4-10H2,1,3H3;1,4-9H2,2-3H3. The summed E-state index contributed by atoms with van der Waals surface area (Å²) in [4.78, 5) is 68.8. The molecule has 0 N–H and O–H groups in total. The Labute approximate surface area is 351 Å². The molecule has 6 saturated carbocycles. The Morgan fingerprint density at radius 3 is 1.41 bits per heavy atom. The van der Waals surface area contributed by atoms with Crippen molar-refractivity contribution in [2.75, 3.05) is 33.0 Å². The van der Waals surface area contributed by atoms with Crippen molar-refractivity contribution in [2.45, 2.75) is 161 Å². The first-order valence-electron chi connectivity index (χ1n) is 21.5. The SMILES string of the molecule is C=C(C)C(=O)OCCC(=O)OC1(C)CCCC1.C=C(C)C(=O)OCCC(=O)OC1(CC)CCCC1.C=C(C)C(=O)OCCOCC(=O)OC1(C)C2CC3CC(C2)CC1C3. The summed E-state index contributed by atoms with van der Waals surface area (Å²) in [7, 11) is 0. The molecule has 0 radical (unpaired) electrons. The predicted molar refractivity (Wildman–Crippen MR) is 219 cm³/mol. The van der Waals surface area contributed by atoms with Gasteiger partial charge in [0.1, 0.15) is 43.2 Å². The number of hydrogen-bond acceptors (Lipinski definition) is 13. The number of carbonyl (C=O) groups excluding carboxylic acids is 6. The van der Waals surface area contributed by atoms with Crippen LogP contribution in [0.1, 0.15) is 144 Å². The molecule has 13 heteroatoms. The minimum atomic E-state index is -0.468. The molecule has 0 aromatic carbocycles. The van der Waals surface area contributed by atoms with E-state index in [0.717, 1.165) is 69.6 Å². The van der Waals surface area contributed by atoms with Crippen LogP contribution in [0.5, 0.6) is 0 Å². The molecule has 0 spiro atoms. The fourth-order valence-corrected chi connectivity index (χ4v) is 9.12. The summed E-state index contributed by atoms with van der Waals surface area (Å²) in [5.74, 6) is 0.440. The minimum absolute atomic E-state index is 0.0562. The smallest absolute Gasteiger partial charge is 0.333 e. The molecule has 0 aromatic rings. The Morgan fingerprint density at radius 2 is 0.966 bits per heavy atom. The van der Waals surface area contributed by atoms with Gasteiger partial charge in [-0.15, -0.1) is 0 Å². The third-order valence-corrected chi connectivity index (χ3v) is 12.4. The van der Waals surface area contributed by atoms with Crippen LogP contribution in [-0.4, -0.2) is 85.7 Å². The van der Waals surface area contributed by atoms with Crippen molar-refractivity contribution in [3.63, 3.8) is 0 Å². The van der Waals surface area contributed by atoms with E-state index in [9.17, 15) is 28.8 Å². The lowest BCUT2D eigenvalue weighted by Crippen LogP contribution is -2.58. The van der Waals surface area contributed by atoms with Crippen molar-refractivity contribution in [3.05, 3.63) is 36.5 Å². The number of hydrogen-bond donors (Lipinski definition) is 0. The third kappa shape index (κ3) is 15.8. The van der Waals surface area contributed by atoms with Crippen LogP contribution in [0.15, 0.2) is 36.5 Å². The van der Waals surface area contributed by atoms with Gasteiger partial charge < -0.3 is 33.2 Å². The maximum Gasteiger partial charge on any atom is 0.333 e. The molecule has 0 heterocycles. The van der Waals surface area contributed by atoms with E-state index in [2.05, 4.69) is 26.7 Å². The second-order valence-corrected chi connectivity index (χ2v) is 17.6. The Balaban J connectivity index is 0.000000242. The molecular weight excluding hydrogens is 760 g/mol. The van der Waals surface area contributed by atoms with E-state index in [1.165, 1.54) is 32.1 Å². The molecule has 6 fully saturated rings. The average Bonchev–Trinajstić information content (AvgIpc) is 3.82. The van der Waals surface area contributed by atoms with Gasteiger partial charge in [0.25, 0.3) is 0 Å². The normalized spacial score (nSPS) is 25.1. The van der Waals surface area contributed by atoms with E-state index in [-0.39, 0.29) is 80.6 Å². The second-order valence-electron chi connectivity index (χ2n) is 17.6. The average molecular weight is 831 g/mol. The first-order chi connectivity index (χ1) is 27.8. The molecule has 6 aliphatic carbocycles. The molecule has 0 aromatic heterocycles. The molecule has 0 amide bonds. The lowest BCUT2D eigenvalue weighted by atomic mass is 9.50. The molecule has 6 rings (SSSR count). The molecule has 13 nitrogen and oxygen atoms in total. The minimum Gasteiger partial charge on any atom is -0.462 e. The highest BCUT2D eigenvalue weighted by Crippen LogP contribution is 2.59. The zero-order valence-electron chi connectivity index (χ0n) is 36.6. The highest BCUT2D eigenvalue weighted by atomic mass is 16.6. The first kappa shape index (κ1) is 49.4.